The molecule has 0 unspecified atom stereocenters. The van der Waals surface area contributed by atoms with Gasteiger partial charge in [-0.2, -0.15) is 0 Å². The van der Waals surface area contributed by atoms with Crippen LogP contribution in [0, 0.1) is 13.8 Å². The summed E-state index contributed by atoms with van der Waals surface area (Å²) >= 11 is 1.58. The standard InChI is InChI=1S/C22H33O4PS/c1-13-10-18(27(24,25)26)16(21(3,4)5)12-19(13)28-15-9-14(2)20(23)17(11-15)22(6,7)8/h9-12,23-27H,1-8H3. The van der Waals surface area contributed by atoms with E-state index in [9.17, 15) is 19.8 Å². The van der Waals surface area contributed by atoms with Crippen molar-refractivity contribution in [1.29, 1.82) is 0 Å². The van der Waals surface area contributed by atoms with Gasteiger partial charge in [0.25, 0.3) is 0 Å². The molecule has 0 aliphatic rings. The van der Waals surface area contributed by atoms with Crippen molar-refractivity contribution in [1.82, 2.24) is 0 Å². The number of aryl methyl sites for hydroxylation is 2. The van der Waals surface area contributed by atoms with Gasteiger partial charge in [-0.1, -0.05) is 0 Å². The van der Waals surface area contributed by atoms with E-state index in [0.29, 0.717) is 5.75 Å². The van der Waals surface area contributed by atoms with Crippen LogP contribution < -0.4 is 5.30 Å². The first-order chi connectivity index (χ1) is 12.5. The topological polar surface area (TPSA) is 80.9 Å². The predicted molar refractivity (Wildman–Crippen MR) is 120 cm³/mol. The van der Waals surface area contributed by atoms with Crippen LogP contribution in [-0.4, -0.2) is 19.8 Å². The van der Waals surface area contributed by atoms with Crippen molar-refractivity contribution in [2.45, 2.75) is 76.0 Å². The maximum absolute atomic E-state index is 10.5. The van der Waals surface area contributed by atoms with Crippen LogP contribution in [0.25, 0.3) is 0 Å². The van der Waals surface area contributed by atoms with Gasteiger partial charge >= 0.3 is 173 Å². The molecule has 2 aromatic carbocycles. The molecule has 0 aromatic heterocycles. The van der Waals surface area contributed by atoms with Crippen molar-refractivity contribution in [2.24, 2.45) is 0 Å². The van der Waals surface area contributed by atoms with Crippen LogP contribution in [0.5, 0.6) is 5.75 Å². The van der Waals surface area contributed by atoms with E-state index in [1.54, 1.807) is 17.8 Å². The molecule has 0 heterocycles. The van der Waals surface area contributed by atoms with Gasteiger partial charge in [0.1, 0.15) is 0 Å². The summed E-state index contributed by atoms with van der Waals surface area (Å²) in [4.78, 5) is 31.8. The van der Waals surface area contributed by atoms with Gasteiger partial charge in [-0.3, -0.25) is 0 Å². The first-order valence-corrected chi connectivity index (χ1v) is 12.0. The zero-order valence-corrected chi connectivity index (χ0v) is 19.8. The van der Waals surface area contributed by atoms with Crippen LogP contribution in [0.4, 0.5) is 0 Å². The molecular formula is C22H33O4PS. The second-order valence-corrected chi connectivity index (χ2v) is 12.5. The summed E-state index contributed by atoms with van der Waals surface area (Å²) in [6.45, 7) is 16.0. The quantitative estimate of drug-likeness (QED) is 0.530. The third-order valence-corrected chi connectivity index (χ3v) is 7.06. The summed E-state index contributed by atoms with van der Waals surface area (Å²) in [6.07, 6.45) is 0. The normalized spacial score (nSPS) is 13.7. The van der Waals surface area contributed by atoms with E-state index in [0.717, 1.165) is 32.0 Å². The predicted octanol–water partition coefficient (Wildman–Crippen LogP) is 4.85. The molecule has 2 aromatic rings. The fourth-order valence-corrected chi connectivity index (χ4v) is 5.48. The Morgan fingerprint density at radius 2 is 1.29 bits per heavy atom. The molecule has 0 bridgehead atoms. The third-order valence-electron chi connectivity index (χ3n) is 4.79. The first kappa shape index (κ1) is 23.2. The van der Waals surface area contributed by atoms with Crippen LogP contribution in [0.2, 0.25) is 0 Å². The second kappa shape index (κ2) is 7.62. The van der Waals surface area contributed by atoms with E-state index >= 15 is 0 Å². The van der Waals surface area contributed by atoms with E-state index in [-0.39, 0.29) is 16.1 Å². The van der Waals surface area contributed by atoms with Crippen LogP contribution in [0.15, 0.2) is 34.1 Å². The van der Waals surface area contributed by atoms with Gasteiger partial charge in [0.05, 0.1) is 0 Å². The molecule has 28 heavy (non-hydrogen) atoms. The zero-order chi connectivity index (χ0) is 21.7. The van der Waals surface area contributed by atoms with Gasteiger partial charge in [0.15, 0.2) is 0 Å². The number of aromatic hydroxyl groups is 1. The van der Waals surface area contributed by atoms with Crippen LogP contribution in [0.1, 0.15) is 63.8 Å². The van der Waals surface area contributed by atoms with E-state index in [1.807, 2.05) is 52.8 Å². The minimum atomic E-state index is -4.43. The molecule has 0 fully saturated rings. The summed E-state index contributed by atoms with van der Waals surface area (Å²) in [5, 5.41) is 10.7. The molecule has 0 aliphatic heterocycles. The van der Waals surface area contributed by atoms with Crippen molar-refractivity contribution < 1.29 is 19.8 Å². The van der Waals surface area contributed by atoms with Crippen LogP contribution >= 0.6 is 19.7 Å². The first-order valence-electron chi connectivity index (χ1n) is 9.36. The van der Waals surface area contributed by atoms with Crippen molar-refractivity contribution in [3.8, 4) is 5.75 Å². The van der Waals surface area contributed by atoms with Gasteiger partial charge < -0.3 is 0 Å². The Morgan fingerprint density at radius 1 is 0.750 bits per heavy atom. The Labute approximate surface area is 173 Å². The van der Waals surface area contributed by atoms with E-state index in [2.05, 4.69) is 20.8 Å². The fourth-order valence-electron chi connectivity index (χ4n) is 3.20. The summed E-state index contributed by atoms with van der Waals surface area (Å²) in [5.41, 5.74) is 2.78. The Kier molecular flexibility index (Phi) is 6.31. The Hall–Kier alpha value is -1.10. The number of hydrogen-bond donors (Lipinski definition) is 4. The van der Waals surface area contributed by atoms with E-state index in [4.69, 9.17) is 0 Å². The average Bonchev–Trinajstić information content (AvgIpc) is 2.49. The summed E-state index contributed by atoms with van der Waals surface area (Å²) in [5.74, 6) is 0.330. The molecule has 0 saturated heterocycles. The summed E-state index contributed by atoms with van der Waals surface area (Å²) in [7, 11) is -4.43. The number of hydrogen-bond acceptors (Lipinski definition) is 5. The van der Waals surface area contributed by atoms with Gasteiger partial charge in [0, 0.05) is 0 Å². The van der Waals surface area contributed by atoms with Crippen molar-refractivity contribution >= 4 is 25.0 Å². The zero-order valence-electron chi connectivity index (χ0n) is 18.0. The minimum absolute atomic E-state index is 0.184. The molecule has 156 valence electrons. The fraction of sp³-hybridized carbons (Fsp3) is 0.455. The molecule has 4 nitrogen and oxygen atoms in total. The van der Waals surface area contributed by atoms with E-state index < -0.39 is 7.94 Å². The second-order valence-electron chi connectivity index (χ2n) is 9.54. The Bertz CT molecular complexity index is 887. The molecule has 0 radical (unpaired) electrons. The van der Waals surface area contributed by atoms with Crippen LogP contribution in [-0.2, 0) is 10.8 Å². The third kappa shape index (κ3) is 5.08. The Morgan fingerprint density at radius 3 is 1.75 bits per heavy atom. The Balaban J connectivity index is 2.61. The van der Waals surface area contributed by atoms with Crippen molar-refractivity contribution in [3.05, 3.63) is 46.5 Å². The van der Waals surface area contributed by atoms with E-state index in [1.165, 1.54) is 0 Å². The molecule has 0 saturated carbocycles. The number of phenolic OH excluding ortho intramolecular Hbond substituents is 1. The van der Waals surface area contributed by atoms with Crippen molar-refractivity contribution in [3.63, 3.8) is 0 Å². The molecule has 0 spiro atoms. The monoisotopic (exact) mass is 424 g/mol. The van der Waals surface area contributed by atoms with Gasteiger partial charge in [-0.05, 0) is 0 Å². The molecule has 4 N–H and O–H groups in total. The number of benzene rings is 2. The van der Waals surface area contributed by atoms with Crippen LogP contribution in [0.3, 0.4) is 0 Å². The molecular weight excluding hydrogens is 391 g/mol. The summed E-state index contributed by atoms with van der Waals surface area (Å²) < 4.78 is 0. The molecule has 0 aliphatic carbocycles. The number of phenols is 1. The van der Waals surface area contributed by atoms with Gasteiger partial charge in [-0.15, -0.1) is 0 Å². The average molecular weight is 425 g/mol. The summed E-state index contributed by atoms with van der Waals surface area (Å²) in [6, 6.07) is 7.61. The number of rotatable bonds is 3. The van der Waals surface area contributed by atoms with Gasteiger partial charge in [0.2, 0.25) is 0 Å². The van der Waals surface area contributed by atoms with Gasteiger partial charge in [-0.25, -0.2) is 0 Å². The SMILES string of the molecule is Cc1cc([PH](O)(O)O)c(C(C)(C)C)cc1Sc1cc(C)c(O)c(C(C)(C)C)c1. The van der Waals surface area contributed by atoms with Crippen molar-refractivity contribution in [2.75, 3.05) is 0 Å². The molecule has 0 atom stereocenters. The molecule has 6 heteroatoms. The molecule has 2 rings (SSSR count). The molecule has 0 amide bonds. The maximum atomic E-state index is 10.5.